The first kappa shape index (κ1) is 27.5. The van der Waals surface area contributed by atoms with Crippen LogP contribution in [0, 0.1) is 11.8 Å². The summed E-state index contributed by atoms with van der Waals surface area (Å²) < 4.78 is 26.8. The molecule has 2 aromatic rings. The molecule has 0 fully saturated rings. The summed E-state index contributed by atoms with van der Waals surface area (Å²) in [5, 5.41) is 2.79. The fraction of sp³-hybridized carbons (Fsp3) is 0.423. The highest BCUT2D eigenvalue weighted by Gasteiger charge is 2.29. The van der Waals surface area contributed by atoms with E-state index in [2.05, 4.69) is 5.32 Å². The van der Waals surface area contributed by atoms with E-state index in [1.165, 1.54) is 52.7 Å². The Balaban J connectivity index is 2.36. The summed E-state index contributed by atoms with van der Waals surface area (Å²) in [5.41, 5.74) is 0.537. The summed E-state index contributed by atoms with van der Waals surface area (Å²) in [5.74, 6) is -1.20. The predicted octanol–water partition coefficient (Wildman–Crippen LogP) is 3.65. The lowest BCUT2D eigenvalue weighted by Gasteiger charge is -2.20. The Hall–Kier alpha value is -3.75. The molecule has 190 valence electrons. The smallest absolute Gasteiger partial charge is 0.314 e. The van der Waals surface area contributed by atoms with Gasteiger partial charge in [-0.15, -0.1) is 0 Å². The molecular formula is C26H33NO8. The molecule has 0 heterocycles. The van der Waals surface area contributed by atoms with Gasteiger partial charge in [0.05, 0.1) is 34.4 Å². The van der Waals surface area contributed by atoms with Gasteiger partial charge in [-0.25, -0.2) is 0 Å². The number of rotatable bonds is 11. The van der Waals surface area contributed by atoms with Crippen molar-refractivity contribution in [3.63, 3.8) is 0 Å². The summed E-state index contributed by atoms with van der Waals surface area (Å²) in [6.07, 6.45) is 0. The van der Waals surface area contributed by atoms with Crippen molar-refractivity contribution < 1.29 is 38.1 Å². The highest BCUT2D eigenvalue weighted by molar-refractivity contribution is 6.10. The zero-order chi connectivity index (χ0) is 26.3. The number of ether oxygens (including phenoxy) is 5. The van der Waals surface area contributed by atoms with E-state index in [9.17, 15) is 14.4 Å². The van der Waals surface area contributed by atoms with Crippen molar-refractivity contribution in [1.82, 2.24) is 5.32 Å². The van der Waals surface area contributed by atoms with Crippen molar-refractivity contribution >= 4 is 17.7 Å². The maximum atomic E-state index is 13.3. The number of hydrogen-bond donors (Lipinski definition) is 1. The Morgan fingerprint density at radius 3 is 1.71 bits per heavy atom. The molecule has 0 aliphatic carbocycles. The fourth-order valence-corrected chi connectivity index (χ4v) is 3.33. The van der Waals surface area contributed by atoms with Crippen LogP contribution >= 0.6 is 0 Å². The monoisotopic (exact) mass is 487 g/mol. The van der Waals surface area contributed by atoms with Gasteiger partial charge in [-0.2, -0.15) is 0 Å². The topological polar surface area (TPSA) is 109 Å². The van der Waals surface area contributed by atoms with E-state index in [1.54, 1.807) is 19.9 Å². The van der Waals surface area contributed by atoms with Crippen molar-refractivity contribution in [3.05, 3.63) is 41.5 Å². The van der Waals surface area contributed by atoms with Crippen LogP contribution < -0.4 is 29.0 Å². The number of benzene rings is 2. The molecule has 0 bridgehead atoms. The number of carbonyl (C=O) groups excluding carboxylic acids is 3. The Morgan fingerprint density at radius 1 is 0.686 bits per heavy atom. The van der Waals surface area contributed by atoms with Crippen LogP contribution in [0.25, 0.3) is 0 Å². The summed E-state index contributed by atoms with van der Waals surface area (Å²) in [7, 11) is 5.82. The molecule has 0 radical (unpaired) electrons. The van der Waals surface area contributed by atoms with Gasteiger partial charge in [0.1, 0.15) is 0 Å². The van der Waals surface area contributed by atoms with Crippen molar-refractivity contribution in [3.8, 4) is 28.7 Å². The first-order valence-corrected chi connectivity index (χ1v) is 11.1. The van der Waals surface area contributed by atoms with Crippen LogP contribution in [0.2, 0.25) is 0 Å². The molecule has 0 saturated carbocycles. The minimum atomic E-state index is -0.729. The predicted molar refractivity (Wildman–Crippen MR) is 130 cm³/mol. The Kier molecular flexibility index (Phi) is 9.50. The molecule has 0 aromatic heterocycles. The van der Waals surface area contributed by atoms with Gasteiger partial charge in [0.15, 0.2) is 28.8 Å². The number of esters is 1. The van der Waals surface area contributed by atoms with Gasteiger partial charge >= 0.3 is 5.97 Å². The van der Waals surface area contributed by atoms with Gasteiger partial charge in [-0.1, -0.05) is 13.8 Å². The second-order valence-electron chi connectivity index (χ2n) is 8.27. The molecule has 2 rings (SSSR count). The van der Waals surface area contributed by atoms with E-state index in [1.807, 2.05) is 13.8 Å². The van der Waals surface area contributed by atoms with Crippen LogP contribution in [0.15, 0.2) is 30.3 Å². The second kappa shape index (κ2) is 12.1. The average Bonchev–Trinajstić information content (AvgIpc) is 2.85. The van der Waals surface area contributed by atoms with E-state index in [0.717, 1.165) is 0 Å². The molecule has 0 saturated heterocycles. The van der Waals surface area contributed by atoms with Gasteiger partial charge in [-0.3, -0.25) is 14.4 Å². The first-order valence-electron chi connectivity index (χ1n) is 11.1. The zero-order valence-corrected chi connectivity index (χ0v) is 21.4. The molecule has 0 spiro atoms. The number of carbonyl (C=O) groups is 3. The molecule has 9 nitrogen and oxygen atoms in total. The standard InChI is InChI=1S/C26H33NO8/c1-14(2)27-25(29)15(3)16(4)26(30)35-20-11-17(9-10-19(20)31-5)23(28)18-12-21(32-6)24(34-8)22(13-18)33-7/h9-16H,1-8H3,(H,27,29). The second-order valence-corrected chi connectivity index (χ2v) is 8.27. The van der Waals surface area contributed by atoms with E-state index in [-0.39, 0.29) is 40.4 Å². The van der Waals surface area contributed by atoms with Gasteiger partial charge in [0.25, 0.3) is 0 Å². The number of methoxy groups -OCH3 is 4. The molecule has 2 atom stereocenters. The minimum Gasteiger partial charge on any atom is -0.493 e. The number of ketones is 1. The van der Waals surface area contributed by atoms with Crippen LogP contribution in [0.3, 0.4) is 0 Å². The van der Waals surface area contributed by atoms with E-state index in [0.29, 0.717) is 17.2 Å². The Bertz CT molecular complexity index is 1050. The molecule has 0 aliphatic rings. The summed E-state index contributed by atoms with van der Waals surface area (Å²) in [4.78, 5) is 38.4. The summed E-state index contributed by atoms with van der Waals surface area (Å²) in [6.45, 7) is 6.96. The maximum absolute atomic E-state index is 13.3. The van der Waals surface area contributed by atoms with Gasteiger partial charge in [-0.05, 0) is 44.2 Å². The third-order valence-corrected chi connectivity index (χ3v) is 5.53. The SMILES string of the molecule is COc1ccc(C(=O)c2cc(OC)c(OC)c(OC)c2)cc1OC(=O)C(C)C(C)C(=O)NC(C)C. The van der Waals surface area contributed by atoms with Crippen molar-refractivity contribution in [2.45, 2.75) is 33.7 Å². The molecule has 35 heavy (non-hydrogen) atoms. The zero-order valence-electron chi connectivity index (χ0n) is 21.4. The highest BCUT2D eigenvalue weighted by atomic mass is 16.6. The summed E-state index contributed by atoms with van der Waals surface area (Å²) in [6, 6.07) is 7.55. The summed E-state index contributed by atoms with van der Waals surface area (Å²) >= 11 is 0. The molecule has 0 aliphatic heterocycles. The third-order valence-electron chi connectivity index (χ3n) is 5.53. The molecule has 1 amide bonds. The normalized spacial score (nSPS) is 12.4. The van der Waals surface area contributed by atoms with Crippen LogP contribution in [0.1, 0.15) is 43.6 Å². The van der Waals surface area contributed by atoms with Crippen LogP contribution in [-0.2, 0) is 9.59 Å². The van der Waals surface area contributed by atoms with Crippen molar-refractivity contribution in [1.29, 1.82) is 0 Å². The van der Waals surface area contributed by atoms with Crippen LogP contribution in [-0.4, -0.2) is 52.1 Å². The van der Waals surface area contributed by atoms with E-state index in [4.69, 9.17) is 23.7 Å². The lowest BCUT2D eigenvalue weighted by atomic mass is 9.95. The molecular weight excluding hydrogens is 454 g/mol. The molecule has 1 N–H and O–H groups in total. The van der Waals surface area contributed by atoms with E-state index >= 15 is 0 Å². The Labute approximate surface area is 205 Å². The van der Waals surface area contributed by atoms with Gasteiger partial charge in [0, 0.05) is 23.1 Å². The number of amides is 1. The quantitative estimate of drug-likeness (QED) is 0.291. The number of nitrogens with one attached hydrogen (secondary N) is 1. The largest absolute Gasteiger partial charge is 0.493 e. The van der Waals surface area contributed by atoms with Gasteiger partial charge < -0.3 is 29.0 Å². The molecule has 9 heteroatoms. The van der Waals surface area contributed by atoms with Crippen molar-refractivity contribution in [2.24, 2.45) is 11.8 Å². The third kappa shape index (κ3) is 6.44. The van der Waals surface area contributed by atoms with Crippen molar-refractivity contribution in [2.75, 3.05) is 28.4 Å². The lowest BCUT2D eigenvalue weighted by Crippen LogP contribution is -2.39. The first-order chi connectivity index (χ1) is 16.6. The van der Waals surface area contributed by atoms with Crippen LogP contribution in [0.5, 0.6) is 28.7 Å². The minimum absolute atomic E-state index is 0.0499. The Morgan fingerprint density at radius 2 is 1.23 bits per heavy atom. The lowest BCUT2D eigenvalue weighted by molar-refractivity contribution is -0.143. The van der Waals surface area contributed by atoms with Gasteiger partial charge in [0.2, 0.25) is 11.7 Å². The number of hydrogen-bond acceptors (Lipinski definition) is 8. The van der Waals surface area contributed by atoms with E-state index < -0.39 is 17.8 Å². The highest BCUT2D eigenvalue weighted by Crippen LogP contribution is 2.39. The maximum Gasteiger partial charge on any atom is 0.314 e. The molecule has 2 unspecified atom stereocenters. The average molecular weight is 488 g/mol. The fourth-order valence-electron chi connectivity index (χ4n) is 3.33. The molecule has 2 aromatic carbocycles. The van der Waals surface area contributed by atoms with Crippen LogP contribution in [0.4, 0.5) is 0 Å².